The van der Waals surface area contributed by atoms with Gasteiger partial charge in [0.05, 0.1) is 6.54 Å². The van der Waals surface area contributed by atoms with Crippen molar-refractivity contribution in [2.24, 2.45) is 0 Å². The lowest BCUT2D eigenvalue weighted by molar-refractivity contribution is -0.134. The van der Waals surface area contributed by atoms with E-state index in [0.717, 1.165) is 56.8 Å². The minimum Gasteiger partial charge on any atom is -0.481 e. The quantitative estimate of drug-likeness (QED) is 0.701. The van der Waals surface area contributed by atoms with Crippen molar-refractivity contribution in [2.75, 3.05) is 19.6 Å². The summed E-state index contributed by atoms with van der Waals surface area (Å²) in [5.41, 5.74) is 1.81. The average molecular weight is 450 g/mol. The van der Waals surface area contributed by atoms with Crippen molar-refractivity contribution in [1.29, 1.82) is 0 Å². The summed E-state index contributed by atoms with van der Waals surface area (Å²) in [5, 5.41) is 10.7. The Kier molecular flexibility index (Phi) is 8.45. The Hall–Kier alpha value is -3.37. The number of hydrogen-bond donors (Lipinski definition) is 2. The monoisotopic (exact) mass is 449 g/mol. The normalized spacial score (nSPS) is 15.5. The number of carbonyl (C=O) groups excluding carboxylic acids is 1. The second-order valence-electron chi connectivity index (χ2n) is 8.42. The minimum absolute atomic E-state index is 0.156. The van der Waals surface area contributed by atoms with Gasteiger partial charge in [-0.3, -0.25) is 14.4 Å². The Balaban J connectivity index is 0.000000709. The van der Waals surface area contributed by atoms with E-state index < -0.39 is 5.97 Å². The van der Waals surface area contributed by atoms with E-state index in [4.69, 9.17) is 9.90 Å². The fourth-order valence-electron chi connectivity index (χ4n) is 3.92. The van der Waals surface area contributed by atoms with E-state index in [1.807, 2.05) is 49.5 Å². The van der Waals surface area contributed by atoms with Crippen molar-refractivity contribution in [1.82, 2.24) is 14.8 Å². The molecule has 4 rings (SSSR count). The number of aryl methyl sites for hydroxylation is 1. The van der Waals surface area contributed by atoms with Crippen molar-refractivity contribution in [3.8, 4) is 11.8 Å². The molecule has 174 valence electrons. The van der Waals surface area contributed by atoms with Gasteiger partial charge in [-0.1, -0.05) is 30.0 Å². The molecule has 0 radical (unpaired) electrons. The third-order valence-electron chi connectivity index (χ3n) is 5.75. The first-order valence-corrected chi connectivity index (χ1v) is 11.4. The molecule has 1 aliphatic carbocycles. The summed E-state index contributed by atoms with van der Waals surface area (Å²) in [7, 11) is 0. The Labute approximate surface area is 194 Å². The molecule has 2 aliphatic rings. The summed E-state index contributed by atoms with van der Waals surface area (Å²) >= 11 is 0. The number of nitrogens with one attached hydrogen (secondary N) is 1. The summed E-state index contributed by atoms with van der Waals surface area (Å²) in [6, 6.07) is 12.0. The molecule has 0 unspecified atom stereocenters. The first-order valence-electron chi connectivity index (χ1n) is 11.4. The van der Waals surface area contributed by atoms with Gasteiger partial charge in [-0.2, -0.15) is 0 Å². The number of nitrogens with zero attached hydrogens (tertiary/aromatic N) is 2. The van der Waals surface area contributed by atoms with Gasteiger partial charge in [0.2, 0.25) is 0 Å². The maximum atomic E-state index is 13.4. The average Bonchev–Trinajstić information content (AvgIpc) is 3.63. The maximum Gasteiger partial charge on any atom is 0.300 e. The number of aliphatic carboxylic acids is 1. The van der Waals surface area contributed by atoms with E-state index in [9.17, 15) is 9.59 Å². The van der Waals surface area contributed by atoms with Crippen LogP contribution in [-0.2, 0) is 4.79 Å². The number of carboxylic acid groups (broad SMARTS) is 1. The van der Waals surface area contributed by atoms with Gasteiger partial charge < -0.3 is 19.9 Å². The van der Waals surface area contributed by atoms with E-state index in [0.29, 0.717) is 12.1 Å². The lowest BCUT2D eigenvalue weighted by atomic mass is 10.0. The lowest BCUT2D eigenvalue weighted by Crippen LogP contribution is -2.41. The molecule has 1 amide bonds. The van der Waals surface area contributed by atoms with Crippen LogP contribution in [0.25, 0.3) is 0 Å². The van der Waals surface area contributed by atoms with E-state index in [2.05, 4.69) is 17.2 Å². The van der Waals surface area contributed by atoms with E-state index >= 15 is 0 Å². The van der Waals surface area contributed by atoms with Crippen LogP contribution in [0.4, 0.5) is 0 Å². The first-order chi connectivity index (χ1) is 15.9. The zero-order chi connectivity index (χ0) is 23.8. The molecule has 2 N–H and O–H groups in total. The molecular weight excluding hydrogens is 418 g/mol. The van der Waals surface area contributed by atoms with Gasteiger partial charge in [0.25, 0.3) is 17.4 Å². The number of piperidine rings is 1. The number of carbonyl (C=O) groups is 2. The first kappa shape index (κ1) is 24.3. The number of rotatable bonds is 4. The largest absolute Gasteiger partial charge is 0.481 e. The number of aromatic nitrogens is 1. The summed E-state index contributed by atoms with van der Waals surface area (Å²) in [6.07, 6.45) is 5.62. The van der Waals surface area contributed by atoms with Gasteiger partial charge in [0.1, 0.15) is 5.56 Å². The van der Waals surface area contributed by atoms with Crippen LogP contribution in [0.15, 0.2) is 47.4 Å². The predicted molar refractivity (Wildman–Crippen MR) is 127 cm³/mol. The topological polar surface area (TPSA) is 91.6 Å². The minimum atomic E-state index is -0.833. The molecule has 1 saturated carbocycles. The summed E-state index contributed by atoms with van der Waals surface area (Å²) in [6.45, 7) is 5.08. The van der Waals surface area contributed by atoms with Crippen molar-refractivity contribution in [2.45, 2.75) is 51.6 Å². The number of pyridine rings is 1. The maximum absolute atomic E-state index is 13.4. The molecule has 2 fully saturated rings. The molecule has 0 atom stereocenters. The molecule has 2 heterocycles. The highest BCUT2D eigenvalue weighted by Crippen LogP contribution is 2.28. The Morgan fingerprint density at radius 3 is 2.36 bits per heavy atom. The highest BCUT2D eigenvalue weighted by Gasteiger charge is 2.34. The Morgan fingerprint density at radius 1 is 1.12 bits per heavy atom. The van der Waals surface area contributed by atoms with Gasteiger partial charge >= 0.3 is 0 Å². The second-order valence-corrected chi connectivity index (χ2v) is 8.42. The van der Waals surface area contributed by atoms with Gasteiger partial charge in [-0.15, -0.1) is 0 Å². The van der Waals surface area contributed by atoms with Gasteiger partial charge in [0.15, 0.2) is 0 Å². The fourth-order valence-corrected chi connectivity index (χ4v) is 3.92. The summed E-state index contributed by atoms with van der Waals surface area (Å²) < 4.78 is 1.77. The number of hydrogen-bond acceptors (Lipinski definition) is 4. The molecule has 1 aromatic carbocycles. The molecule has 0 bridgehead atoms. The second kappa shape index (κ2) is 11.5. The van der Waals surface area contributed by atoms with Crippen LogP contribution < -0.4 is 10.9 Å². The van der Waals surface area contributed by atoms with Gasteiger partial charge in [-0.25, -0.2) is 0 Å². The van der Waals surface area contributed by atoms with Crippen LogP contribution in [0.1, 0.15) is 60.1 Å². The zero-order valence-corrected chi connectivity index (χ0v) is 19.2. The van der Waals surface area contributed by atoms with E-state index in [1.54, 1.807) is 9.47 Å². The van der Waals surface area contributed by atoms with Crippen molar-refractivity contribution >= 4 is 11.9 Å². The molecule has 7 heteroatoms. The molecule has 1 aliphatic heterocycles. The van der Waals surface area contributed by atoms with Crippen LogP contribution in [-0.4, -0.2) is 52.1 Å². The van der Waals surface area contributed by atoms with Gasteiger partial charge in [-0.05, 0) is 69.5 Å². The van der Waals surface area contributed by atoms with Crippen LogP contribution in [0.5, 0.6) is 0 Å². The molecule has 7 nitrogen and oxygen atoms in total. The van der Waals surface area contributed by atoms with Crippen molar-refractivity contribution in [3.63, 3.8) is 0 Å². The zero-order valence-electron chi connectivity index (χ0n) is 19.2. The molecule has 1 aromatic heterocycles. The van der Waals surface area contributed by atoms with E-state index in [-0.39, 0.29) is 23.6 Å². The summed E-state index contributed by atoms with van der Waals surface area (Å²) in [4.78, 5) is 37.4. The predicted octanol–water partition coefficient (Wildman–Crippen LogP) is 2.83. The van der Waals surface area contributed by atoms with Gasteiger partial charge in [0, 0.05) is 30.8 Å². The van der Waals surface area contributed by atoms with Crippen LogP contribution in [0.3, 0.4) is 0 Å². The summed E-state index contributed by atoms with van der Waals surface area (Å²) in [5.74, 6) is 5.24. The number of amides is 1. The third kappa shape index (κ3) is 6.80. The number of carboxylic acids is 1. The highest BCUT2D eigenvalue weighted by atomic mass is 16.4. The van der Waals surface area contributed by atoms with Crippen LogP contribution in [0.2, 0.25) is 0 Å². The van der Waals surface area contributed by atoms with Crippen LogP contribution >= 0.6 is 0 Å². The molecular formula is C26H31N3O4. The molecule has 1 saturated heterocycles. The van der Waals surface area contributed by atoms with Crippen molar-refractivity contribution in [3.05, 3.63) is 69.6 Å². The Bertz CT molecular complexity index is 1080. The lowest BCUT2D eigenvalue weighted by Gasteiger charge is -2.26. The molecule has 0 spiro atoms. The number of benzene rings is 1. The fraction of sp³-hybridized carbons (Fsp3) is 0.423. The van der Waals surface area contributed by atoms with Crippen LogP contribution in [0, 0.1) is 18.8 Å². The molecule has 33 heavy (non-hydrogen) atoms. The van der Waals surface area contributed by atoms with Crippen molar-refractivity contribution < 1.29 is 14.7 Å². The Morgan fingerprint density at radius 2 is 1.76 bits per heavy atom. The standard InChI is InChI=1S/C24H27N3O2.C2H4O2/c1-18-13-17-27(21-11-14-25-15-12-21)24(29)22(18)23(28)26(20-9-10-20)16-5-8-19-6-3-2-4-7-19;1-2(3)4/h2-4,6-7,13,17,20-21,25H,9-12,14-16H2,1H3;1H3,(H,3,4). The highest BCUT2D eigenvalue weighted by molar-refractivity contribution is 5.95. The SMILES string of the molecule is CC(=O)O.Cc1ccn(C2CCNCC2)c(=O)c1C(=O)N(CC#Cc1ccccc1)C1CC1. The smallest absolute Gasteiger partial charge is 0.300 e. The third-order valence-corrected chi connectivity index (χ3v) is 5.75. The molecule has 2 aromatic rings. The van der Waals surface area contributed by atoms with E-state index in [1.165, 1.54) is 0 Å².